The molecule has 1 aliphatic heterocycles. The molecule has 0 N–H and O–H groups in total. The van der Waals surface area contributed by atoms with Crippen LogP contribution in [0.15, 0.2) is 82.1 Å². The molecule has 0 spiro atoms. The van der Waals surface area contributed by atoms with Crippen LogP contribution in [0.1, 0.15) is 55.8 Å². The van der Waals surface area contributed by atoms with Crippen LogP contribution in [-0.4, -0.2) is 64.5 Å². The summed E-state index contributed by atoms with van der Waals surface area (Å²) in [6.45, 7) is 12.4. The van der Waals surface area contributed by atoms with E-state index in [4.69, 9.17) is 9.15 Å². The van der Waals surface area contributed by atoms with Gasteiger partial charge in [0.2, 0.25) is 11.7 Å². The Hall–Kier alpha value is -4.31. The maximum atomic E-state index is 14.6. The van der Waals surface area contributed by atoms with Crippen molar-refractivity contribution in [1.29, 1.82) is 0 Å². The van der Waals surface area contributed by atoms with E-state index in [9.17, 15) is 18.0 Å². The Balaban J connectivity index is 1.50. The fourth-order valence-corrected chi connectivity index (χ4v) is 7.34. The normalized spacial score (nSPS) is 14.0. The number of aryl methyl sites for hydroxylation is 1. The maximum absolute atomic E-state index is 14.6. The van der Waals surface area contributed by atoms with E-state index in [1.54, 1.807) is 26.0 Å². The van der Waals surface area contributed by atoms with E-state index >= 15 is 0 Å². The van der Waals surface area contributed by atoms with Gasteiger partial charge in [0, 0.05) is 50.1 Å². The monoisotopic (exact) mass is 645 g/mol. The van der Waals surface area contributed by atoms with E-state index in [1.807, 2.05) is 59.5 Å². The van der Waals surface area contributed by atoms with Gasteiger partial charge in [-0.1, -0.05) is 63.2 Å². The van der Waals surface area contributed by atoms with Crippen LogP contribution < -0.4 is 9.21 Å². The molecule has 1 amide bonds. The highest BCUT2D eigenvalue weighted by Gasteiger charge is 2.31. The van der Waals surface area contributed by atoms with Gasteiger partial charge in [-0.3, -0.25) is 9.10 Å². The standard InChI is InChI=1S/C36H43N3O6S/c1-6-44-35(41)34-26(2)29-24-28(16-17-32(29)45-34)46(42,43)39(19-18-27-12-8-7-9-13-27)31-15-11-10-14-30(31)37-20-22-38(23-21-37)33(40)25-36(3,4)5/h7-17,24H,6,18-23,25H2,1-5H3. The number of benzene rings is 3. The number of fused-ring (bicyclic) bond motifs is 1. The summed E-state index contributed by atoms with van der Waals surface area (Å²) in [6.07, 6.45) is 0.986. The number of nitrogens with zero attached hydrogens (tertiary/aromatic N) is 3. The van der Waals surface area contributed by atoms with Crippen LogP contribution in [0.25, 0.3) is 11.0 Å². The first-order chi connectivity index (χ1) is 21.9. The highest BCUT2D eigenvalue weighted by Crippen LogP contribution is 2.36. The summed E-state index contributed by atoms with van der Waals surface area (Å²) in [5.41, 5.74) is 3.24. The Morgan fingerprint density at radius 2 is 1.61 bits per heavy atom. The van der Waals surface area contributed by atoms with Gasteiger partial charge in [-0.2, -0.15) is 0 Å². The molecule has 9 nitrogen and oxygen atoms in total. The van der Waals surface area contributed by atoms with Crippen molar-refractivity contribution < 1.29 is 27.2 Å². The first-order valence-corrected chi connectivity index (χ1v) is 17.2. The number of piperazine rings is 1. The average Bonchev–Trinajstić information content (AvgIpc) is 3.37. The molecule has 1 saturated heterocycles. The van der Waals surface area contributed by atoms with Crippen molar-refractivity contribution in [2.24, 2.45) is 5.41 Å². The van der Waals surface area contributed by atoms with Crippen LogP contribution in [0, 0.1) is 12.3 Å². The fraction of sp³-hybridized carbons (Fsp3) is 0.389. The molecule has 5 rings (SSSR count). The number of hydrogen-bond acceptors (Lipinski definition) is 7. The SMILES string of the molecule is CCOC(=O)c1oc2ccc(S(=O)(=O)N(CCc3ccccc3)c3ccccc3N3CCN(C(=O)CC(C)(C)C)CC3)cc2c1C. The third-order valence-corrected chi connectivity index (χ3v) is 10.0. The van der Waals surface area contributed by atoms with Gasteiger partial charge >= 0.3 is 5.97 Å². The molecule has 0 aliphatic carbocycles. The summed E-state index contributed by atoms with van der Waals surface area (Å²) in [5.74, 6) is -0.374. The van der Waals surface area contributed by atoms with Crippen molar-refractivity contribution >= 4 is 44.2 Å². The molecule has 0 unspecified atom stereocenters. The Morgan fingerprint density at radius 3 is 2.28 bits per heavy atom. The van der Waals surface area contributed by atoms with Crippen molar-refractivity contribution in [2.45, 2.75) is 52.4 Å². The lowest BCUT2D eigenvalue weighted by atomic mass is 9.91. The molecule has 0 radical (unpaired) electrons. The highest BCUT2D eigenvalue weighted by atomic mass is 32.2. The zero-order valence-corrected chi connectivity index (χ0v) is 28.1. The Bertz CT molecular complexity index is 1800. The zero-order valence-electron chi connectivity index (χ0n) is 27.3. The molecular weight excluding hydrogens is 602 g/mol. The van der Waals surface area contributed by atoms with Gasteiger partial charge < -0.3 is 19.0 Å². The lowest BCUT2D eigenvalue weighted by Gasteiger charge is -2.39. The molecule has 4 aromatic rings. The number of furan rings is 1. The number of ether oxygens (including phenoxy) is 1. The second kappa shape index (κ2) is 13.6. The van der Waals surface area contributed by atoms with Crippen molar-refractivity contribution in [3.63, 3.8) is 0 Å². The molecule has 244 valence electrons. The summed E-state index contributed by atoms with van der Waals surface area (Å²) in [7, 11) is -4.08. The number of hydrogen-bond donors (Lipinski definition) is 0. The largest absolute Gasteiger partial charge is 0.460 e. The Labute approximate surface area is 271 Å². The second-order valence-corrected chi connectivity index (χ2v) is 14.7. The van der Waals surface area contributed by atoms with Crippen molar-refractivity contribution in [2.75, 3.05) is 48.5 Å². The Morgan fingerprint density at radius 1 is 0.935 bits per heavy atom. The van der Waals surface area contributed by atoms with Crippen LogP contribution in [0.4, 0.5) is 11.4 Å². The summed E-state index contributed by atoms with van der Waals surface area (Å²) in [6, 6.07) is 22.0. The van der Waals surface area contributed by atoms with Crippen LogP contribution in [0.5, 0.6) is 0 Å². The Kier molecular flexibility index (Phi) is 9.76. The first kappa shape index (κ1) is 33.1. The van der Waals surface area contributed by atoms with E-state index in [-0.39, 0.29) is 35.1 Å². The van der Waals surface area contributed by atoms with Crippen molar-refractivity contribution in [3.8, 4) is 0 Å². The number of rotatable bonds is 10. The van der Waals surface area contributed by atoms with Gasteiger partial charge in [0.25, 0.3) is 10.0 Å². The lowest BCUT2D eigenvalue weighted by molar-refractivity contribution is -0.133. The molecule has 0 bridgehead atoms. The molecule has 0 saturated carbocycles. The summed E-state index contributed by atoms with van der Waals surface area (Å²) >= 11 is 0. The van der Waals surface area contributed by atoms with Crippen LogP contribution in [0.2, 0.25) is 0 Å². The van der Waals surface area contributed by atoms with Gasteiger partial charge in [0.1, 0.15) is 5.58 Å². The minimum atomic E-state index is -4.08. The van der Waals surface area contributed by atoms with E-state index in [0.717, 1.165) is 11.3 Å². The van der Waals surface area contributed by atoms with E-state index in [2.05, 4.69) is 25.7 Å². The number of esters is 1. The highest BCUT2D eigenvalue weighted by molar-refractivity contribution is 7.92. The summed E-state index contributed by atoms with van der Waals surface area (Å²) in [4.78, 5) is 29.5. The van der Waals surface area contributed by atoms with Gasteiger partial charge in [-0.05, 0) is 61.6 Å². The molecular formula is C36H43N3O6S. The third-order valence-electron chi connectivity index (χ3n) is 8.21. The van der Waals surface area contributed by atoms with Crippen LogP contribution in [-0.2, 0) is 26.0 Å². The second-order valence-electron chi connectivity index (χ2n) is 12.8. The number of sulfonamides is 1. The van der Waals surface area contributed by atoms with E-state index in [1.165, 1.54) is 10.4 Å². The number of amides is 1. The summed E-state index contributed by atoms with van der Waals surface area (Å²) in [5, 5.41) is 0.538. The van der Waals surface area contributed by atoms with Crippen LogP contribution in [0.3, 0.4) is 0 Å². The summed E-state index contributed by atoms with van der Waals surface area (Å²) < 4.78 is 41.6. The molecule has 0 atom stereocenters. The van der Waals surface area contributed by atoms with Crippen molar-refractivity contribution in [1.82, 2.24) is 4.90 Å². The third kappa shape index (κ3) is 7.22. The topological polar surface area (TPSA) is 100 Å². The molecule has 10 heteroatoms. The lowest BCUT2D eigenvalue weighted by Crippen LogP contribution is -2.49. The van der Waals surface area contributed by atoms with Gasteiger partial charge in [-0.15, -0.1) is 0 Å². The predicted octanol–water partition coefficient (Wildman–Crippen LogP) is 6.44. The molecule has 1 aromatic heterocycles. The molecule has 1 aliphatic rings. The maximum Gasteiger partial charge on any atom is 0.374 e. The van der Waals surface area contributed by atoms with Crippen LogP contribution >= 0.6 is 0 Å². The minimum absolute atomic E-state index is 0.0674. The quantitative estimate of drug-likeness (QED) is 0.183. The molecule has 1 fully saturated rings. The van der Waals surface area contributed by atoms with Gasteiger partial charge in [-0.25, -0.2) is 13.2 Å². The smallest absolute Gasteiger partial charge is 0.374 e. The number of carbonyl (C=O) groups excluding carboxylic acids is 2. The van der Waals surface area contributed by atoms with Crippen molar-refractivity contribution in [3.05, 3.63) is 89.7 Å². The fourth-order valence-electron chi connectivity index (χ4n) is 5.83. The average molecular weight is 646 g/mol. The molecule has 46 heavy (non-hydrogen) atoms. The molecule has 3 aromatic carbocycles. The van der Waals surface area contributed by atoms with E-state index in [0.29, 0.717) is 61.2 Å². The number of para-hydroxylation sites is 2. The first-order valence-electron chi connectivity index (χ1n) is 15.8. The zero-order chi connectivity index (χ0) is 33.1. The predicted molar refractivity (Wildman–Crippen MR) is 181 cm³/mol. The van der Waals surface area contributed by atoms with Gasteiger partial charge in [0.05, 0.1) is 22.9 Å². The number of carbonyl (C=O) groups is 2. The van der Waals surface area contributed by atoms with E-state index < -0.39 is 16.0 Å². The van der Waals surface area contributed by atoms with Gasteiger partial charge in [0.15, 0.2) is 0 Å². The molecule has 2 heterocycles. The minimum Gasteiger partial charge on any atom is -0.460 e. The number of anilines is 2.